The van der Waals surface area contributed by atoms with Crippen molar-refractivity contribution in [2.75, 3.05) is 0 Å². The van der Waals surface area contributed by atoms with Crippen molar-refractivity contribution in [2.24, 2.45) is 0 Å². The van der Waals surface area contributed by atoms with Gasteiger partial charge in [-0.15, -0.1) is 5.10 Å². The monoisotopic (exact) mass is 406 g/mol. The molecule has 1 N–H and O–H groups in total. The molecule has 7 nitrogen and oxygen atoms in total. The summed E-state index contributed by atoms with van der Waals surface area (Å²) in [6, 6.07) is 17.2. The lowest BCUT2D eigenvalue weighted by Gasteiger charge is -2.02. The predicted molar refractivity (Wildman–Crippen MR) is 110 cm³/mol. The van der Waals surface area contributed by atoms with Gasteiger partial charge < -0.3 is 5.32 Å². The molecule has 0 atom stereocenters. The van der Waals surface area contributed by atoms with Crippen molar-refractivity contribution in [3.8, 4) is 5.69 Å². The molecule has 0 saturated carbocycles. The first-order valence-corrected chi connectivity index (χ1v) is 9.49. The maximum absolute atomic E-state index is 12.6. The Bertz CT molecular complexity index is 1140. The number of aryl methyl sites for hydroxylation is 1. The number of nitrogens with one attached hydrogen (secondary N) is 1. The van der Waals surface area contributed by atoms with Crippen LogP contribution in [0.4, 0.5) is 0 Å². The first kappa shape index (κ1) is 18.9. The summed E-state index contributed by atoms with van der Waals surface area (Å²) in [6.07, 6.45) is 3.67. The maximum Gasteiger partial charge on any atom is 0.274 e. The fraction of sp³-hybridized carbons (Fsp3) is 0.143. The summed E-state index contributed by atoms with van der Waals surface area (Å²) in [7, 11) is 0. The molecule has 4 rings (SSSR count). The fourth-order valence-electron chi connectivity index (χ4n) is 2.93. The second kappa shape index (κ2) is 8.28. The van der Waals surface area contributed by atoms with Crippen molar-refractivity contribution in [3.05, 3.63) is 94.5 Å². The molecule has 0 aliphatic heterocycles. The maximum atomic E-state index is 12.6. The fourth-order valence-corrected chi connectivity index (χ4v) is 3.11. The zero-order valence-electron chi connectivity index (χ0n) is 15.8. The van der Waals surface area contributed by atoms with E-state index in [0.29, 0.717) is 29.5 Å². The number of nitrogens with zero attached hydrogens (tertiary/aromatic N) is 5. The molecule has 8 heteroatoms. The second-order valence-electron chi connectivity index (χ2n) is 6.62. The van der Waals surface area contributed by atoms with E-state index in [9.17, 15) is 4.79 Å². The van der Waals surface area contributed by atoms with Crippen LogP contribution < -0.4 is 5.32 Å². The number of rotatable bonds is 6. The summed E-state index contributed by atoms with van der Waals surface area (Å²) >= 11 is 6.02. The van der Waals surface area contributed by atoms with Crippen LogP contribution in [0.3, 0.4) is 0 Å². The summed E-state index contributed by atoms with van der Waals surface area (Å²) in [4.78, 5) is 14.0. The first-order chi connectivity index (χ1) is 14.1. The average Bonchev–Trinajstić information content (AvgIpc) is 3.33. The van der Waals surface area contributed by atoms with Gasteiger partial charge in [0.2, 0.25) is 0 Å². The third-order valence-electron chi connectivity index (χ3n) is 4.36. The smallest absolute Gasteiger partial charge is 0.274 e. The van der Waals surface area contributed by atoms with Crippen LogP contribution in [0.5, 0.6) is 0 Å². The Morgan fingerprint density at radius 3 is 2.69 bits per heavy atom. The minimum Gasteiger partial charge on any atom is -0.346 e. The van der Waals surface area contributed by atoms with Crippen molar-refractivity contribution >= 4 is 17.5 Å². The van der Waals surface area contributed by atoms with Gasteiger partial charge in [-0.25, -0.2) is 0 Å². The molecule has 4 aromatic rings. The summed E-state index contributed by atoms with van der Waals surface area (Å²) < 4.78 is 1.84. The predicted octanol–water partition coefficient (Wildman–Crippen LogP) is 3.40. The number of amides is 1. The normalized spacial score (nSPS) is 10.8. The second-order valence-corrected chi connectivity index (χ2v) is 7.05. The Balaban J connectivity index is 1.40. The van der Waals surface area contributed by atoms with Crippen LogP contribution in [0.25, 0.3) is 5.69 Å². The molecule has 0 saturated heterocycles. The number of halogens is 1. The SMILES string of the molecule is Cc1nn(-c2cccc(Cl)c2)nc1C(=O)NCc1cnn(Cc2ccccc2)c1. The van der Waals surface area contributed by atoms with Crippen molar-refractivity contribution in [3.63, 3.8) is 0 Å². The standard InChI is InChI=1S/C21H19ClN6O/c1-15-20(26-28(25-15)19-9-5-8-18(22)10-19)21(29)23-11-17-12-24-27(14-17)13-16-6-3-2-4-7-16/h2-10,12,14H,11,13H2,1H3,(H,23,29). The van der Waals surface area contributed by atoms with Crippen LogP contribution in [0.15, 0.2) is 67.0 Å². The zero-order chi connectivity index (χ0) is 20.2. The van der Waals surface area contributed by atoms with E-state index in [4.69, 9.17) is 11.6 Å². The van der Waals surface area contributed by atoms with E-state index in [1.807, 2.05) is 41.2 Å². The molecule has 146 valence electrons. The molecule has 2 aromatic heterocycles. The molecule has 0 aliphatic carbocycles. The van der Waals surface area contributed by atoms with Gasteiger partial charge >= 0.3 is 0 Å². The Morgan fingerprint density at radius 2 is 1.90 bits per heavy atom. The molecular formula is C21H19ClN6O. The number of hydrogen-bond donors (Lipinski definition) is 1. The highest BCUT2D eigenvalue weighted by Crippen LogP contribution is 2.14. The Labute approximate surface area is 172 Å². The van der Waals surface area contributed by atoms with Gasteiger partial charge in [0.1, 0.15) is 0 Å². The van der Waals surface area contributed by atoms with Crippen LogP contribution in [0.2, 0.25) is 5.02 Å². The largest absolute Gasteiger partial charge is 0.346 e. The third kappa shape index (κ3) is 4.52. The minimum atomic E-state index is -0.286. The number of aromatic nitrogens is 5. The molecule has 1 amide bonds. The van der Waals surface area contributed by atoms with E-state index >= 15 is 0 Å². The van der Waals surface area contributed by atoms with Gasteiger partial charge in [-0.1, -0.05) is 48.0 Å². The highest BCUT2D eigenvalue weighted by molar-refractivity contribution is 6.30. The third-order valence-corrected chi connectivity index (χ3v) is 4.60. The number of carbonyl (C=O) groups excluding carboxylic acids is 1. The van der Waals surface area contributed by atoms with E-state index in [-0.39, 0.29) is 11.6 Å². The highest BCUT2D eigenvalue weighted by Gasteiger charge is 2.16. The highest BCUT2D eigenvalue weighted by atomic mass is 35.5. The average molecular weight is 407 g/mol. The van der Waals surface area contributed by atoms with Crippen molar-refractivity contribution in [2.45, 2.75) is 20.0 Å². The van der Waals surface area contributed by atoms with Gasteiger partial charge in [0.05, 0.1) is 24.1 Å². The molecule has 2 aromatic carbocycles. The topological polar surface area (TPSA) is 77.6 Å². The van der Waals surface area contributed by atoms with E-state index in [1.165, 1.54) is 10.4 Å². The lowest BCUT2D eigenvalue weighted by molar-refractivity contribution is 0.0945. The molecular weight excluding hydrogens is 388 g/mol. The molecule has 0 aliphatic rings. The minimum absolute atomic E-state index is 0.279. The quantitative estimate of drug-likeness (QED) is 0.532. The molecule has 2 heterocycles. The van der Waals surface area contributed by atoms with Crippen LogP contribution in [-0.2, 0) is 13.1 Å². The van der Waals surface area contributed by atoms with E-state index < -0.39 is 0 Å². The summed E-state index contributed by atoms with van der Waals surface area (Å²) in [5, 5.41) is 16.4. The molecule has 0 spiro atoms. The van der Waals surface area contributed by atoms with Gasteiger partial charge in [0, 0.05) is 23.3 Å². The molecule has 0 fully saturated rings. The lowest BCUT2D eigenvalue weighted by atomic mass is 10.2. The number of hydrogen-bond acceptors (Lipinski definition) is 4. The van der Waals surface area contributed by atoms with Gasteiger partial charge in [0.25, 0.3) is 5.91 Å². The summed E-state index contributed by atoms with van der Waals surface area (Å²) in [6.45, 7) is 2.79. The van der Waals surface area contributed by atoms with E-state index in [2.05, 4.69) is 32.7 Å². The molecule has 0 unspecified atom stereocenters. The van der Waals surface area contributed by atoms with Gasteiger partial charge in [0.15, 0.2) is 5.69 Å². The first-order valence-electron chi connectivity index (χ1n) is 9.12. The summed E-state index contributed by atoms with van der Waals surface area (Å²) in [5.74, 6) is -0.286. The molecule has 29 heavy (non-hydrogen) atoms. The van der Waals surface area contributed by atoms with Crippen molar-refractivity contribution in [1.29, 1.82) is 0 Å². The van der Waals surface area contributed by atoms with Crippen molar-refractivity contribution < 1.29 is 4.79 Å². The zero-order valence-corrected chi connectivity index (χ0v) is 16.5. The Kier molecular flexibility index (Phi) is 5.39. The van der Waals surface area contributed by atoms with Crippen molar-refractivity contribution in [1.82, 2.24) is 30.1 Å². The Hall–Kier alpha value is -3.45. The van der Waals surface area contributed by atoms with Crippen LogP contribution in [0, 0.1) is 6.92 Å². The number of benzene rings is 2. The molecule has 0 bridgehead atoms. The van der Waals surface area contributed by atoms with E-state index in [1.54, 1.807) is 25.3 Å². The van der Waals surface area contributed by atoms with Crippen LogP contribution >= 0.6 is 11.6 Å². The number of carbonyl (C=O) groups is 1. The van der Waals surface area contributed by atoms with Crippen LogP contribution in [-0.4, -0.2) is 30.7 Å². The van der Waals surface area contributed by atoms with Gasteiger partial charge in [-0.2, -0.15) is 15.0 Å². The van der Waals surface area contributed by atoms with Crippen LogP contribution in [0.1, 0.15) is 27.3 Å². The lowest BCUT2D eigenvalue weighted by Crippen LogP contribution is -2.24. The summed E-state index contributed by atoms with van der Waals surface area (Å²) in [5.41, 5.74) is 3.60. The van der Waals surface area contributed by atoms with E-state index in [0.717, 1.165) is 5.56 Å². The van der Waals surface area contributed by atoms with Gasteiger partial charge in [-0.3, -0.25) is 9.48 Å². The van der Waals surface area contributed by atoms with Gasteiger partial charge in [-0.05, 0) is 30.7 Å². The Morgan fingerprint density at radius 1 is 1.07 bits per heavy atom. The molecule has 0 radical (unpaired) electrons.